The third-order valence-corrected chi connectivity index (χ3v) is 8.50. The zero-order valence-corrected chi connectivity index (χ0v) is 32.2. The van der Waals surface area contributed by atoms with Gasteiger partial charge in [-0.25, -0.2) is 4.98 Å². The number of hydrogen-bond acceptors (Lipinski definition) is 8. The molecule has 4 aromatic rings. The number of rotatable bonds is 16. The molecule has 0 aliphatic carbocycles. The number of unbranched alkanes of at least 4 members (excludes halogenated alkanes) is 1. The van der Waals surface area contributed by atoms with Crippen molar-refractivity contribution in [2.45, 2.75) is 67.3 Å². The molecule has 2 heterocycles. The van der Waals surface area contributed by atoms with Gasteiger partial charge in [-0.2, -0.15) is 4.98 Å². The van der Waals surface area contributed by atoms with Gasteiger partial charge in [-0.15, -0.1) is 0 Å². The lowest BCUT2D eigenvalue weighted by molar-refractivity contribution is -0.111. The number of nitrogens with zero attached hydrogens (tertiary/aromatic N) is 4. The van der Waals surface area contributed by atoms with Crippen molar-refractivity contribution in [3.05, 3.63) is 81.2 Å². The fraction of sp³-hybridized carbons (Fsp3) is 0.421. The lowest BCUT2D eigenvalue weighted by atomic mass is 10.0. The number of nitrogens with one attached hydrogen (secondary N) is 2. The Kier molecular flexibility index (Phi) is 18.4. The van der Waals surface area contributed by atoms with Gasteiger partial charge in [-0.05, 0) is 68.7 Å². The van der Waals surface area contributed by atoms with Crippen LogP contribution in [-0.2, 0) is 17.8 Å². The van der Waals surface area contributed by atoms with Gasteiger partial charge in [-0.3, -0.25) is 14.2 Å². The second kappa shape index (κ2) is 21.9. The number of anilines is 2. The molecule has 50 heavy (non-hydrogen) atoms. The average Bonchev–Trinajstić information content (AvgIpc) is 3.15. The number of benzene rings is 2. The summed E-state index contributed by atoms with van der Waals surface area (Å²) in [5.74, 6) is 0.766. The molecule has 272 valence electrons. The number of halogens is 2. The Morgan fingerprint density at radius 3 is 2.26 bits per heavy atom. The van der Waals surface area contributed by atoms with E-state index in [0.29, 0.717) is 52.7 Å². The van der Waals surface area contributed by atoms with E-state index in [1.807, 2.05) is 45.9 Å². The van der Waals surface area contributed by atoms with E-state index in [-0.39, 0.29) is 33.6 Å². The van der Waals surface area contributed by atoms with Crippen LogP contribution in [0.5, 0.6) is 11.5 Å². The zero-order chi connectivity index (χ0) is 37.2. The summed E-state index contributed by atoms with van der Waals surface area (Å²) in [6.07, 6.45) is 5.37. The van der Waals surface area contributed by atoms with Crippen LogP contribution in [0.25, 0.3) is 22.2 Å². The Hall–Kier alpha value is -4.12. The molecule has 0 unspecified atom stereocenters. The fourth-order valence-electron chi connectivity index (χ4n) is 5.19. The number of amides is 1. The van der Waals surface area contributed by atoms with Gasteiger partial charge in [0.2, 0.25) is 11.9 Å². The van der Waals surface area contributed by atoms with E-state index in [1.54, 1.807) is 29.0 Å². The molecule has 12 heteroatoms. The summed E-state index contributed by atoms with van der Waals surface area (Å²) in [6.45, 7) is 19.9. The van der Waals surface area contributed by atoms with Crippen LogP contribution in [0.4, 0.5) is 11.6 Å². The molecule has 10 nitrogen and oxygen atoms in total. The second-order valence-electron chi connectivity index (χ2n) is 10.6. The highest BCUT2D eigenvalue weighted by Gasteiger charge is 2.23. The Bertz CT molecular complexity index is 1730. The van der Waals surface area contributed by atoms with Crippen molar-refractivity contribution in [1.29, 1.82) is 0 Å². The molecule has 0 aliphatic heterocycles. The van der Waals surface area contributed by atoms with Crippen molar-refractivity contribution >= 4 is 51.8 Å². The van der Waals surface area contributed by atoms with Crippen LogP contribution in [0.2, 0.25) is 10.0 Å². The molecule has 2 N–H and O–H groups in total. The van der Waals surface area contributed by atoms with Crippen molar-refractivity contribution in [2.24, 2.45) is 0 Å². The Morgan fingerprint density at radius 1 is 1.00 bits per heavy atom. The van der Waals surface area contributed by atoms with Gasteiger partial charge < -0.3 is 25.0 Å². The lowest BCUT2D eigenvalue weighted by Crippen LogP contribution is -2.25. The summed E-state index contributed by atoms with van der Waals surface area (Å²) in [5.41, 5.74) is 2.22. The van der Waals surface area contributed by atoms with Crippen LogP contribution in [0.1, 0.15) is 59.9 Å². The fourth-order valence-corrected chi connectivity index (χ4v) is 5.90. The Labute approximate surface area is 306 Å². The predicted octanol–water partition coefficient (Wildman–Crippen LogP) is 8.74. The number of aryl methyl sites for hydroxylation is 2. The highest BCUT2D eigenvalue weighted by Crippen LogP contribution is 2.45. The third-order valence-electron chi connectivity index (χ3n) is 7.75. The topological polar surface area (TPSA) is 111 Å². The molecule has 0 spiro atoms. The van der Waals surface area contributed by atoms with E-state index >= 15 is 0 Å². The van der Waals surface area contributed by atoms with Gasteiger partial charge in [0.25, 0.3) is 5.56 Å². The molecule has 0 saturated carbocycles. The number of methoxy groups -OCH3 is 2. The second-order valence-corrected chi connectivity index (χ2v) is 11.3. The first kappa shape index (κ1) is 42.0. The third kappa shape index (κ3) is 10.9. The molecular formula is C38H52Cl2N6O4. The molecular weight excluding hydrogens is 675 g/mol. The van der Waals surface area contributed by atoms with Crippen LogP contribution < -0.4 is 25.7 Å². The number of fused-ring (bicyclic) bond motifs is 1. The van der Waals surface area contributed by atoms with E-state index in [2.05, 4.69) is 40.9 Å². The minimum Gasteiger partial charge on any atom is -0.495 e. The molecule has 0 aliphatic rings. The molecule has 0 saturated heterocycles. The van der Waals surface area contributed by atoms with Crippen molar-refractivity contribution in [1.82, 2.24) is 19.4 Å². The quantitative estimate of drug-likeness (QED) is 0.0872. The van der Waals surface area contributed by atoms with Gasteiger partial charge in [-0.1, -0.05) is 83.5 Å². The lowest BCUT2D eigenvalue weighted by Gasteiger charge is -2.18. The smallest absolute Gasteiger partial charge is 0.260 e. The van der Waals surface area contributed by atoms with Crippen molar-refractivity contribution in [2.75, 3.05) is 51.0 Å². The maximum Gasteiger partial charge on any atom is 0.260 e. The molecule has 0 atom stereocenters. The van der Waals surface area contributed by atoms with Crippen LogP contribution in [0.3, 0.4) is 0 Å². The molecule has 2 aromatic heterocycles. The normalized spacial score (nSPS) is 10.5. The van der Waals surface area contributed by atoms with E-state index < -0.39 is 0 Å². The number of carbonyl (C=O) groups is 1. The number of carbonyl (C=O) groups excluding carboxylic acids is 1. The summed E-state index contributed by atoms with van der Waals surface area (Å²) < 4.78 is 12.5. The standard InChI is InChI=1S/C34H40Cl2N6O4.2C2H6/c1-6-28(43)39-24-13-11-12-22(18-24)14-17-42-32-23(21-38-34(40-32)37-15-9-10-16-41(7-2)8-3)19-25(33(42)44)29-30(35)26(45-4)20-27(46-5)31(29)36;2*1-2/h6,11-13,18-21H,1,7-10,14-17H2,2-5H3,(H,39,43)(H,37,38,40);2*1-2H3. The molecule has 4 rings (SSSR count). The van der Waals surface area contributed by atoms with E-state index in [4.69, 9.17) is 37.7 Å². The van der Waals surface area contributed by atoms with Crippen molar-refractivity contribution < 1.29 is 14.3 Å². The summed E-state index contributed by atoms with van der Waals surface area (Å²) in [4.78, 5) is 37.9. The first-order chi connectivity index (χ1) is 24.2. The monoisotopic (exact) mass is 726 g/mol. The van der Waals surface area contributed by atoms with Gasteiger partial charge in [0.05, 0.1) is 29.8 Å². The van der Waals surface area contributed by atoms with Gasteiger partial charge in [0.15, 0.2) is 0 Å². The summed E-state index contributed by atoms with van der Waals surface area (Å²) >= 11 is 13.5. The zero-order valence-electron chi connectivity index (χ0n) is 30.7. The molecule has 0 radical (unpaired) electrons. The molecule has 1 amide bonds. The number of ether oxygens (including phenoxy) is 2. The average molecular weight is 728 g/mol. The highest BCUT2D eigenvalue weighted by atomic mass is 35.5. The SMILES string of the molecule is C=CC(=O)Nc1cccc(CCn2c(=O)c(-c3c(Cl)c(OC)cc(OC)c3Cl)cc3cnc(NCCCCN(CC)CC)nc32)c1.CC.CC. The molecule has 0 bridgehead atoms. The van der Waals surface area contributed by atoms with Crippen LogP contribution >= 0.6 is 23.2 Å². The number of aromatic nitrogens is 3. The van der Waals surface area contributed by atoms with Crippen molar-refractivity contribution in [3.63, 3.8) is 0 Å². The predicted molar refractivity (Wildman–Crippen MR) is 210 cm³/mol. The first-order valence-electron chi connectivity index (χ1n) is 17.2. The minimum atomic E-state index is -0.341. The van der Waals surface area contributed by atoms with Gasteiger partial charge in [0.1, 0.15) is 17.1 Å². The number of pyridine rings is 1. The van der Waals surface area contributed by atoms with E-state index in [1.165, 1.54) is 20.3 Å². The van der Waals surface area contributed by atoms with Gasteiger partial charge in [0, 0.05) is 42.0 Å². The largest absolute Gasteiger partial charge is 0.495 e. The maximum atomic E-state index is 14.3. The molecule has 0 fully saturated rings. The summed E-state index contributed by atoms with van der Waals surface area (Å²) in [7, 11) is 2.96. The van der Waals surface area contributed by atoms with Crippen LogP contribution in [0.15, 0.2) is 60.0 Å². The first-order valence-corrected chi connectivity index (χ1v) is 18.0. The number of hydrogen-bond donors (Lipinski definition) is 2. The van der Waals surface area contributed by atoms with E-state index in [9.17, 15) is 9.59 Å². The van der Waals surface area contributed by atoms with Gasteiger partial charge >= 0.3 is 0 Å². The Balaban J connectivity index is 0.00000209. The Morgan fingerprint density at radius 2 is 1.66 bits per heavy atom. The highest BCUT2D eigenvalue weighted by molar-refractivity contribution is 6.41. The minimum absolute atomic E-state index is 0.186. The van der Waals surface area contributed by atoms with E-state index in [0.717, 1.165) is 38.0 Å². The summed E-state index contributed by atoms with van der Waals surface area (Å²) in [5, 5.41) is 7.09. The van der Waals surface area contributed by atoms with Crippen LogP contribution in [0, 0.1) is 0 Å². The van der Waals surface area contributed by atoms with Crippen LogP contribution in [-0.4, -0.2) is 65.7 Å². The maximum absolute atomic E-state index is 14.3. The summed E-state index contributed by atoms with van der Waals surface area (Å²) in [6, 6.07) is 10.7. The molecule has 2 aromatic carbocycles. The van der Waals surface area contributed by atoms with Crippen molar-refractivity contribution in [3.8, 4) is 22.6 Å².